The van der Waals surface area contributed by atoms with E-state index in [1.165, 1.54) is 0 Å². The Morgan fingerprint density at radius 3 is 2.65 bits per heavy atom. The highest BCUT2D eigenvalue weighted by molar-refractivity contribution is 5.07. The van der Waals surface area contributed by atoms with Gasteiger partial charge in [0.25, 0.3) is 0 Å². The number of hydrogen-bond donors (Lipinski definition) is 1. The third-order valence-electron chi connectivity index (χ3n) is 2.95. The van der Waals surface area contributed by atoms with Gasteiger partial charge >= 0.3 is 0 Å². The zero-order valence-corrected chi connectivity index (χ0v) is 12.6. The topological polar surface area (TPSA) is 54.4 Å². The molecule has 5 heteroatoms. The van der Waals surface area contributed by atoms with E-state index in [0.29, 0.717) is 12.6 Å². The van der Waals surface area contributed by atoms with Gasteiger partial charge in [0, 0.05) is 18.7 Å². The van der Waals surface area contributed by atoms with Crippen LogP contribution in [0.2, 0.25) is 0 Å². The molecule has 0 aliphatic carbocycles. The van der Waals surface area contributed by atoms with Gasteiger partial charge in [-0.15, -0.1) is 0 Å². The van der Waals surface area contributed by atoms with E-state index in [0.717, 1.165) is 36.1 Å². The van der Waals surface area contributed by atoms with Crippen LogP contribution in [0.3, 0.4) is 0 Å². The van der Waals surface area contributed by atoms with Gasteiger partial charge in [0.2, 0.25) is 0 Å². The van der Waals surface area contributed by atoms with Crippen molar-refractivity contribution in [1.29, 1.82) is 0 Å². The minimum atomic E-state index is 0.444. The molecular weight excluding hydrogens is 254 g/mol. The fourth-order valence-corrected chi connectivity index (χ4v) is 1.98. The number of nitrogens with zero attached hydrogens (tertiary/aromatic N) is 2. The number of rotatable bonds is 7. The summed E-state index contributed by atoms with van der Waals surface area (Å²) in [6.07, 6.45) is 0. The molecule has 0 aromatic carbocycles. The molecule has 0 amide bonds. The summed E-state index contributed by atoms with van der Waals surface area (Å²) in [5.74, 6) is 2.78. The van der Waals surface area contributed by atoms with Gasteiger partial charge in [-0.2, -0.15) is 0 Å². The van der Waals surface area contributed by atoms with E-state index in [4.69, 9.17) is 8.94 Å². The number of aryl methyl sites for hydroxylation is 1. The van der Waals surface area contributed by atoms with Gasteiger partial charge in [-0.3, -0.25) is 4.90 Å². The van der Waals surface area contributed by atoms with Gasteiger partial charge in [-0.1, -0.05) is 19.0 Å². The lowest BCUT2D eigenvalue weighted by atomic mass is 10.3. The van der Waals surface area contributed by atoms with Gasteiger partial charge in [-0.25, -0.2) is 0 Å². The molecule has 20 heavy (non-hydrogen) atoms. The maximum atomic E-state index is 5.56. The monoisotopic (exact) mass is 277 g/mol. The lowest BCUT2D eigenvalue weighted by Crippen LogP contribution is -2.21. The molecule has 0 bridgehead atoms. The summed E-state index contributed by atoms with van der Waals surface area (Å²) in [5.41, 5.74) is 0.941. The largest absolute Gasteiger partial charge is 0.465 e. The molecule has 0 radical (unpaired) electrons. The molecule has 0 fully saturated rings. The Morgan fingerprint density at radius 2 is 2.00 bits per heavy atom. The van der Waals surface area contributed by atoms with Gasteiger partial charge < -0.3 is 14.3 Å². The van der Waals surface area contributed by atoms with Crippen LogP contribution in [-0.4, -0.2) is 23.1 Å². The molecule has 2 aromatic rings. The lowest BCUT2D eigenvalue weighted by Gasteiger charge is -2.12. The van der Waals surface area contributed by atoms with Crippen LogP contribution in [0.15, 0.2) is 27.1 Å². The van der Waals surface area contributed by atoms with Crippen LogP contribution in [0.25, 0.3) is 0 Å². The summed E-state index contributed by atoms with van der Waals surface area (Å²) in [7, 11) is 2.03. The van der Waals surface area contributed by atoms with Crippen LogP contribution in [0.1, 0.15) is 36.8 Å². The Hall–Kier alpha value is -1.59. The van der Waals surface area contributed by atoms with E-state index in [-0.39, 0.29) is 0 Å². The van der Waals surface area contributed by atoms with Crippen LogP contribution >= 0.6 is 0 Å². The minimum absolute atomic E-state index is 0.444. The smallest absolute Gasteiger partial charge is 0.151 e. The summed E-state index contributed by atoms with van der Waals surface area (Å²) in [5, 5.41) is 7.38. The quantitative estimate of drug-likeness (QED) is 0.843. The van der Waals surface area contributed by atoms with Crippen molar-refractivity contribution in [3.8, 4) is 0 Å². The molecular formula is C15H23N3O2. The molecule has 0 saturated carbocycles. The third-order valence-corrected chi connectivity index (χ3v) is 2.95. The maximum absolute atomic E-state index is 5.56. The highest BCUT2D eigenvalue weighted by atomic mass is 16.5. The summed E-state index contributed by atoms with van der Waals surface area (Å²) in [4.78, 5) is 2.14. The van der Waals surface area contributed by atoms with Crippen LogP contribution in [-0.2, 0) is 19.6 Å². The predicted molar refractivity (Wildman–Crippen MR) is 77.1 cm³/mol. The zero-order valence-electron chi connectivity index (χ0n) is 12.6. The molecule has 0 aliphatic rings. The molecule has 2 rings (SSSR count). The molecule has 2 aromatic heterocycles. The molecule has 0 saturated heterocycles. The Labute approximate surface area is 119 Å². The molecule has 0 unspecified atom stereocenters. The van der Waals surface area contributed by atoms with E-state index in [1.807, 2.05) is 32.2 Å². The second kappa shape index (κ2) is 6.72. The van der Waals surface area contributed by atoms with Crippen molar-refractivity contribution in [2.75, 3.05) is 7.05 Å². The van der Waals surface area contributed by atoms with Crippen LogP contribution in [0.4, 0.5) is 0 Å². The molecule has 110 valence electrons. The first-order valence-electron chi connectivity index (χ1n) is 6.94. The van der Waals surface area contributed by atoms with E-state index in [2.05, 4.69) is 29.2 Å². The van der Waals surface area contributed by atoms with E-state index in [9.17, 15) is 0 Å². The zero-order chi connectivity index (χ0) is 14.5. The van der Waals surface area contributed by atoms with E-state index >= 15 is 0 Å². The normalized spacial score (nSPS) is 11.7. The van der Waals surface area contributed by atoms with Gasteiger partial charge in [0.1, 0.15) is 11.5 Å². The minimum Gasteiger partial charge on any atom is -0.465 e. The lowest BCUT2D eigenvalue weighted by molar-refractivity contribution is 0.247. The van der Waals surface area contributed by atoms with Gasteiger partial charge in [-0.05, 0) is 26.1 Å². The first-order chi connectivity index (χ1) is 9.52. The number of hydrogen-bond acceptors (Lipinski definition) is 5. The SMILES string of the molecule is Cc1ccc(CN(C)Cc2cc(CNC(C)C)no2)o1. The Bertz CT molecular complexity index is 531. The molecule has 0 spiro atoms. The molecule has 1 N–H and O–H groups in total. The van der Waals surface area contributed by atoms with Gasteiger partial charge in [0.05, 0.1) is 18.8 Å². The van der Waals surface area contributed by atoms with Crippen LogP contribution in [0.5, 0.6) is 0 Å². The van der Waals surface area contributed by atoms with Crippen molar-refractivity contribution in [3.05, 3.63) is 41.2 Å². The predicted octanol–water partition coefficient (Wildman–Crippen LogP) is 2.71. The number of nitrogens with one attached hydrogen (secondary N) is 1. The summed E-state index contributed by atoms with van der Waals surface area (Å²) in [6, 6.07) is 6.43. The second-order valence-corrected chi connectivity index (χ2v) is 5.50. The highest BCUT2D eigenvalue weighted by Crippen LogP contribution is 2.12. The average Bonchev–Trinajstić information content (AvgIpc) is 2.96. The summed E-state index contributed by atoms with van der Waals surface area (Å²) in [6.45, 7) is 8.39. The maximum Gasteiger partial charge on any atom is 0.151 e. The van der Waals surface area contributed by atoms with Crippen molar-refractivity contribution < 1.29 is 8.94 Å². The summed E-state index contributed by atoms with van der Waals surface area (Å²) < 4.78 is 10.9. The molecule has 5 nitrogen and oxygen atoms in total. The second-order valence-electron chi connectivity index (χ2n) is 5.50. The van der Waals surface area contributed by atoms with Crippen LogP contribution < -0.4 is 5.32 Å². The van der Waals surface area contributed by atoms with E-state index < -0.39 is 0 Å². The molecule has 0 atom stereocenters. The van der Waals surface area contributed by atoms with Crippen molar-refractivity contribution in [2.45, 2.75) is 46.4 Å². The third kappa shape index (κ3) is 4.51. The fourth-order valence-electron chi connectivity index (χ4n) is 1.98. The van der Waals surface area contributed by atoms with E-state index in [1.54, 1.807) is 0 Å². The highest BCUT2D eigenvalue weighted by Gasteiger charge is 2.09. The van der Waals surface area contributed by atoms with Crippen molar-refractivity contribution in [3.63, 3.8) is 0 Å². The fraction of sp³-hybridized carbons (Fsp3) is 0.533. The summed E-state index contributed by atoms with van der Waals surface area (Å²) >= 11 is 0. The first kappa shape index (κ1) is 14.8. The van der Waals surface area contributed by atoms with Gasteiger partial charge in [0.15, 0.2) is 5.76 Å². The molecule has 0 aliphatic heterocycles. The molecule has 2 heterocycles. The van der Waals surface area contributed by atoms with Crippen molar-refractivity contribution >= 4 is 0 Å². The van der Waals surface area contributed by atoms with Crippen LogP contribution in [0, 0.1) is 6.92 Å². The Balaban J connectivity index is 1.83. The standard InChI is InChI=1S/C15H23N3O2/c1-11(2)16-8-13-7-15(20-17-13)10-18(4)9-14-6-5-12(3)19-14/h5-7,11,16H,8-10H2,1-4H3. The Morgan fingerprint density at radius 1 is 1.25 bits per heavy atom. The number of furan rings is 1. The van der Waals surface area contributed by atoms with Crippen molar-refractivity contribution in [2.24, 2.45) is 0 Å². The first-order valence-corrected chi connectivity index (χ1v) is 6.94. The Kier molecular flexibility index (Phi) is 4.98. The average molecular weight is 277 g/mol. The number of aromatic nitrogens is 1. The van der Waals surface area contributed by atoms with Crippen molar-refractivity contribution in [1.82, 2.24) is 15.4 Å².